The third-order valence-corrected chi connectivity index (χ3v) is 2.63. The Labute approximate surface area is 106 Å². The molecule has 0 atom stereocenters. The van der Waals surface area contributed by atoms with Gasteiger partial charge in [-0.15, -0.1) is 0 Å². The maximum Gasteiger partial charge on any atom is 0.311 e. The molecule has 1 aromatic rings. The van der Waals surface area contributed by atoms with E-state index in [0.717, 1.165) is 43.9 Å². The van der Waals surface area contributed by atoms with Crippen LogP contribution in [0.4, 0.5) is 10.1 Å². The summed E-state index contributed by atoms with van der Waals surface area (Å²) in [6.45, 7) is 4.04. The molecule has 1 rings (SSSR count). The SMILES string of the molecule is CCCC(CCC)Oc1cc(F)ccc1[N+](=O)[O-]. The third-order valence-electron chi connectivity index (χ3n) is 2.63. The monoisotopic (exact) mass is 255 g/mol. The fourth-order valence-corrected chi connectivity index (χ4v) is 1.82. The number of hydrogen-bond donors (Lipinski definition) is 0. The van der Waals surface area contributed by atoms with Crippen LogP contribution in [-0.2, 0) is 0 Å². The van der Waals surface area contributed by atoms with Crippen molar-refractivity contribution < 1.29 is 14.1 Å². The summed E-state index contributed by atoms with van der Waals surface area (Å²) >= 11 is 0. The summed E-state index contributed by atoms with van der Waals surface area (Å²) in [7, 11) is 0. The lowest BCUT2D eigenvalue weighted by atomic mass is 10.1. The predicted octanol–water partition coefficient (Wildman–Crippen LogP) is 4.08. The number of nitro benzene ring substituents is 1. The van der Waals surface area contributed by atoms with Crippen LogP contribution in [0.1, 0.15) is 39.5 Å². The molecule has 0 radical (unpaired) electrons. The molecule has 100 valence electrons. The van der Waals surface area contributed by atoms with Crippen LogP contribution in [0.2, 0.25) is 0 Å². The second kappa shape index (κ2) is 6.93. The van der Waals surface area contributed by atoms with Gasteiger partial charge in [0.25, 0.3) is 0 Å². The van der Waals surface area contributed by atoms with Crippen LogP contribution in [0, 0.1) is 15.9 Å². The Hall–Kier alpha value is -1.65. The molecule has 0 saturated heterocycles. The van der Waals surface area contributed by atoms with Crippen molar-refractivity contribution in [2.24, 2.45) is 0 Å². The summed E-state index contributed by atoms with van der Waals surface area (Å²) in [4.78, 5) is 10.3. The van der Waals surface area contributed by atoms with Crippen molar-refractivity contribution in [3.05, 3.63) is 34.1 Å². The Kier molecular flexibility index (Phi) is 5.55. The van der Waals surface area contributed by atoms with E-state index < -0.39 is 10.7 Å². The van der Waals surface area contributed by atoms with E-state index >= 15 is 0 Å². The highest BCUT2D eigenvalue weighted by Gasteiger charge is 2.19. The Morgan fingerprint density at radius 1 is 1.33 bits per heavy atom. The first-order valence-corrected chi connectivity index (χ1v) is 6.19. The minimum atomic E-state index is -0.552. The molecule has 0 aliphatic rings. The van der Waals surface area contributed by atoms with Crippen LogP contribution in [0.25, 0.3) is 0 Å². The number of nitrogens with zero attached hydrogens (tertiary/aromatic N) is 1. The van der Waals surface area contributed by atoms with Gasteiger partial charge in [-0.05, 0) is 18.9 Å². The Bertz CT molecular complexity index is 403. The Morgan fingerprint density at radius 2 is 1.94 bits per heavy atom. The van der Waals surface area contributed by atoms with Gasteiger partial charge < -0.3 is 4.74 Å². The molecule has 0 saturated carbocycles. The van der Waals surface area contributed by atoms with Gasteiger partial charge in [0.1, 0.15) is 5.82 Å². The van der Waals surface area contributed by atoms with Crippen molar-refractivity contribution in [1.82, 2.24) is 0 Å². The van der Waals surface area contributed by atoms with Gasteiger partial charge in [-0.25, -0.2) is 4.39 Å². The van der Waals surface area contributed by atoms with Crippen LogP contribution < -0.4 is 4.74 Å². The molecule has 5 heteroatoms. The second-order valence-electron chi connectivity index (χ2n) is 4.19. The van der Waals surface area contributed by atoms with Gasteiger partial charge in [0.15, 0.2) is 5.75 Å². The molecule has 0 bridgehead atoms. The molecule has 0 aliphatic heterocycles. The standard InChI is InChI=1S/C13H18FNO3/c1-3-5-11(6-4-2)18-13-9-10(14)7-8-12(13)15(16)17/h7-9,11H,3-6H2,1-2H3. The van der Waals surface area contributed by atoms with Crippen molar-refractivity contribution in [3.63, 3.8) is 0 Å². The zero-order chi connectivity index (χ0) is 13.5. The number of ether oxygens (including phenoxy) is 1. The molecule has 0 unspecified atom stereocenters. The number of hydrogen-bond acceptors (Lipinski definition) is 3. The molecule has 18 heavy (non-hydrogen) atoms. The molecular formula is C13H18FNO3. The van der Waals surface area contributed by atoms with Crippen molar-refractivity contribution in [2.75, 3.05) is 0 Å². The van der Waals surface area contributed by atoms with Crippen LogP contribution in [0.5, 0.6) is 5.75 Å². The third kappa shape index (κ3) is 3.98. The maximum atomic E-state index is 13.1. The average Bonchev–Trinajstić information content (AvgIpc) is 2.29. The average molecular weight is 255 g/mol. The van der Waals surface area contributed by atoms with Crippen molar-refractivity contribution in [3.8, 4) is 5.75 Å². The fourth-order valence-electron chi connectivity index (χ4n) is 1.82. The zero-order valence-electron chi connectivity index (χ0n) is 10.7. The largest absolute Gasteiger partial charge is 0.483 e. The lowest BCUT2D eigenvalue weighted by Crippen LogP contribution is -2.16. The summed E-state index contributed by atoms with van der Waals surface area (Å²) in [6, 6.07) is 3.29. The summed E-state index contributed by atoms with van der Waals surface area (Å²) in [5.74, 6) is -0.505. The summed E-state index contributed by atoms with van der Waals surface area (Å²) < 4.78 is 18.7. The van der Waals surface area contributed by atoms with Crippen molar-refractivity contribution in [2.45, 2.75) is 45.6 Å². The molecule has 0 aromatic heterocycles. The lowest BCUT2D eigenvalue weighted by Gasteiger charge is -2.17. The highest BCUT2D eigenvalue weighted by atomic mass is 19.1. The normalized spacial score (nSPS) is 10.7. The molecular weight excluding hydrogens is 237 g/mol. The molecule has 0 aliphatic carbocycles. The van der Waals surface area contributed by atoms with E-state index in [4.69, 9.17) is 4.74 Å². The topological polar surface area (TPSA) is 52.4 Å². The van der Waals surface area contributed by atoms with E-state index in [9.17, 15) is 14.5 Å². The smallest absolute Gasteiger partial charge is 0.311 e. The van der Waals surface area contributed by atoms with E-state index in [1.165, 1.54) is 0 Å². The van der Waals surface area contributed by atoms with Gasteiger partial charge in [-0.2, -0.15) is 0 Å². The Balaban J connectivity index is 2.92. The van der Waals surface area contributed by atoms with Gasteiger partial charge in [-0.3, -0.25) is 10.1 Å². The molecule has 0 spiro atoms. The quantitative estimate of drug-likeness (QED) is 0.545. The number of rotatable bonds is 7. The fraction of sp³-hybridized carbons (Fsp3) is 0.538. The first-order chi connectivity index (χ1) is 8.58. The van der Waals surface area contributed by atoms with E-state index in [1.54, 1.807) is 0 Å². The van der Waals surface area contributed by atoms with Gasteiger partial charge in [0.05, 0.1) is 11.0 Å². The van der Waals surface area contributed by atoms with E-state index in [1.807, 2.05) is 13.8 Å². The molecule has 0 amide bonds. The summed E-state index contributed by atoms with van der Waals surface area (Å²) in [5, 5.41) is 10.8. The number of halogens is 1. The first kappa shape index (κ1) is 14.4. The van der Waals surface area contributed by atoms with Crippen LogP contribution in [0.15, 0.2) is 18.2 Å². The van der Waals surface area contributed by atoms with E-state index in [-0.39, 0.29) is 17.5 Å². The second-order valence-corrected chi connectivity index (χ2v) is 4.19. The van der Waals surface area contributed by atoms with Crippen LogP contribution >= 0.6 is 0 Å². The highest BCUT2D eigenvalue weighted by Crippen LogP contribution is 2.29. The molecule has 0 N–H and O–H groups in total. The zero-order valence-corrected chi connectivity index (χ0v) is 10.7. The summed E-state index contributed by atoms with van der Waals surface area (Å²) in [5.41, 5.74) is -0.186. The van der Waals surface area contributed by atoms with Gasteiger partial charge in [0.2, 0.25) is 0 Å². The van der Waals surface area contributed by atoms with Gasteiger partial charge in [-0.1, -0.05) is 26.7 Å². The van der Waals surface area contributed by atoms with Crippen molar-refractivity contribution >= 4 is 5.69 Å². The van der Waals surface area contributed by atoms with E-state index in [0.29, 0.717) is 0 Å². The Morgan fingerprint density at radius 3 is 2.44 bits per heavy atom. The highest BCUT2D eigenvalue weighted by molar-refractivity contribution is 5.46. The van der Waals surface area contributed by atoms with Crippen molar-refractivity contribution in [1.29, 1.82) is 0 Å². The van der Waals surface area contributed by atoms with E-state index in [2.05, 4.69) is 0 Å². The number of benzene rings is 1. The predicted molar refractivity (Wildman–Crippen MR) is 67.3 cm³/mol. The number of nitro groups is 1. The molecule has 1 aromatic carbocycles. The minimum absolute atomic E-state index is 0.0203. The lowest BCUT2D eigenvalue weighted by molar-refractivity contribution is -0.386. The maximum absolute atomic E-state index is 13.1. The molecule has 0 fully saturated rings. The minimum Gasteiger partial charge on any atom is -0.483 e. The van der Waals surface area contributed by atoms with Crippen LogP contribution in [-0.4, -0.2) is 11.0 Å². The van der Waals surface area contributed by atoms with Crippen LogP contribution in [0.3, 0.4) is 0 Å². The van der Waals surface area contributed by atoms with Gasteiger partial charge >= 0.3 is 5.69 Å². The van der Waals surface area contributed by atoms with Gasteiger partial charge in [0, 0.05) is 12.1 Å². The molecule has 4 nitrogen and oxygen atoms in total. The summed E-state index contributed by atoms with van der Waals surface area (Å²) in [6.07, 6.45) is 3.37. The molecule has 0 heterocycles. The first-order valence-electron chi connectivity index (χ1n) is 6.19.